The van der Waals surface area contributed by atoms with Gasteiger partial charge in [-0.1, -0.05) is 0 Å². The molecule has 5 rings (SSSR count). The molecule has 1 fully saturated rings. The van der Waals surface area contributed by atoms with E-state index in [-0.39, 0.29) is 17.7 Å². The monoisotopic (exact) mass is 421 g/mol. The summed E-state index contributed by atoms with van der Waals surface area (Å²) in [6.45, 7) is 1.16. The summed E-state index contributed by atoms with van der Waals surface area (Å²) >= 11 is 0. The van der Waals surface area contributed by atoms with Crippen LogP contribution in [0.15, 0.2) is 36.8 Å². The zero-order valence-electron chi connectivity index (χ0n) is 17.3. The number of amides is 1. The second kappa shape index (κ2) is 7.64. The van der Waals surface area contributed by atoms with Crippen LogP contribution in [-0.2, 0) is 9.47 Å². The van der Waals surface area contributed by atoms with Gasteiger partial charge in [0.15, 0.2) is 5.65 Å². The van der Waals surface area contributed by atoms with Crippen molar-refractivity contribution in [3.63, 3.8) is 0 Å². The molecule has 0 aliphatic carbocycles. The quantitative estimate of drug-likeness (QED) is 0.487. The third-order valence-electron chi connectivity index (χ3n) is 5.66. The highest BCUT2D eigenvalue weighted by atomic mass is 16.5. The predicted molar refractivity (Wildman–Crippen MR) is 115 cm³/mol. The Labute approximate surface area is 178 Å². The van der Waals surface area contributed by atoms with Crippen molar-refractivity contribution in [3.8, 4) is 11.3 Å². The van der Waals surface area contributed by atoms with Crippen LogP contribution in [0.4, 0.5) is 5.82 Å². The number of rotatable bonds is 6. The van der Waals surface area contributed by atoms with Gasteiger partial charge in [0.1, 0.15) is 17.0 Å². The highest BCUT2D eigenvalue weighted by Crippen LogP contribution is 2.35. The molecule has 1 amide bonds. The summed E-state index contributed by atoms with van der Waals surface area (Å²) in [7, 11) is 3.47. The van der Waals surface area contributed by atoms with Crippen molar-refractivity contribution >= 4 is 28.4 Å². The van der Waals surface area contributed by atoms with Crippen LogP contribution in [0.5, 0.6) is 0 Å². The molecule has 10 nitrogen and oxygen atoms in total. The van der Waals surface area contributed by atoms with Crippen LogP contribution in [0.2, 0.25) is 0 Å². The molecule has 1 aliphatic heterocycles. The lowest BCUT2D eigenvalue weighted by Gasteiger charge is -2.11. The minimum absolute atomic E-state index is 0.0647. The molecule has 5 heterocycles. The lowest BCUT2D eigenvalue weighted by atomic mass is 10.1. The van der Waals surface area contributed by atoms with Gasteiger partial charge in [0.05, 0.1) is 37.3 Å². The van der Waals surface area contributed by atoms with Crippen molar-refractivity contribution in [1.82, 2.24) is 24.1 Å². The summed E-state index contributed by atoms with van der Waals surface area (Å²) in [6.07, 6.45) is 6.18. The topological polar surface area (TPSA) is 122 Å². The minimum Gasteiger partial charge on any atom is -0.382 e. The van der Waals surface area contributed by atoms with Crippen LogP contribution in [0.25, 0.3) is 27.9 Å². The summed E-state index contributed by atoms with van der Waals surface area (Å²) < 4.78 is 14.9. The molecule has 1 aliphatic rings. The number of pyridine rings is 1. The van der Waals surface area contributed by atoms with Gasteiger partial charge >= 0.3 is 0 Å². The van der Waals surface area contributed by atoms with E-state index in [1.807, 2.05) is 18.2 Å². The number of aromatic nitrogens is 5. The van der Waals surface area contributed by atoms with Gasteiger partial charge in [-0.2, -0.15) is 9.61 Å². The number of methoxy groups -OCH3 is 1. The van der Waals surface area contributed by atoms with E-state index in [1.165, 1.54) is 6.20 Å². The number of nitrogens with one attached hydrogen (secondary N) is 1. The zero-order chi connectivity index (χ0) is 21.5. The predicted octanol–water partition coefficient (Wildman–Crippen LogP) is 1.86. The molecule has 31 heavy (non-hydrogen) atoms. The third-order valence-corrected chi connectivity index (χ3v) is 5.66. The number of anilines is 1. The smallest absolute Gasteiger partial charge is 0.254 e. The maximum Gasteiger partial charge on any atom is 0.254 e. The number of nitrogens with zero attached hydrogens (tertiary/aromatic N) is 5. The molecule has 4 aromatic heterocycles. The molecule has 0 spiro atoms. The lowest BCUT2D eigenvalue weighted by molar-refractivity contribution is 0.0370. The normalized spacial score (nSPS) is 18.8. The molecule has 10 heteroatoms. The summed E-state index contributed by atoms with van der Waals surface area (Å²) in [6, 6.07) is 5.97. The van der Waals surface area contributed by atoms with Crippen LogP contribution >= 0.6 is 0 Å². The molecule has 4 aromatic rings. The number of carbonyl (C=O) groups is 1. The van der Waals surface area contributed by atoms with Crippen LogP contribution in [-0.4, -0.2) is 63.5 Å². The van der Waals surface area contributed by atoms with Gasteiger partial charge < -0.3 is 25.1 Å². The lowest BCUT2D eigenvalue weighted by Crippen LogP contribution is -2.13. The van der Waals surface area contributed by atoms with Crippen LogP contribution in [0.1, 0.15) is 22.8 Å². The minimum atomic E-state index is -0.571. The zero-order valence-corrected chi connectivity index (χ0v) is 17.3. The van der Waals surface area contributed by atoms with Crippen molar-refractivity contribution in [1.29, 1.82) is 0 Å². The summed E-state index contributed by atoms with van der Waals surface area (Å²) in [4.78, 5) is 21.2. The maximum atomic E-state index is 11.9. The molecule has 2 atom stereocenters. The molecule has 3 N–H and O–H groups in total. The molecule has 0 saturated carbocycles. The van der Waals surface area contributed by atoms with Crippen LogP contribution in [0, 0.1) is 0 Å². The van der Waals surface area contributed by atoms with E-state index < -0.39 is 5.91 Å². The first-order valence-electron chi connectivity index (χ1n) is 10.0. The van der Waals surface area contributed by atoms with E-state index >= 15 is 0 Å². The van der Waals surface area contributed by atoms with Gasteiger partial charge in [-0.15, -0.1) is 0 Å². The summed E-state index contributed by atoms with van der Waals surface area (Å²) in [5.74, 6) is 0.125. The average Bonchev–Trinajstić information content (AvgIpc) is 3.49. The Balaban J connectivity index is 1.67. The molecule has 0 aromatic carbocycles. The Morgan fingerprint density at radius 3 is 3.06 bits per heavy atom. The van der Waals surface area contributed by atoms with E-state index in [4.69, 9.17) is 20.2 Å². The Bertz CT molecular complexity index is 1280. The van der Waals surface area contributed by atoms with Gasteiger partial charge in [0.2, 0.25) is 0 Å². The van der Waals surface area contributed by atoms with Crippen LogP contribution in [0.3, 0.4) is 0 Å². The number of ether oxygens (including phenoxy) is 2. The first kappa shape index (κ1) is 19.5. The van der Waals surface area contributed by atoms with E-state index in [0.29, 0.717) is 30.4 Å². The van der Waals surface area contributed by atoms with Crippen molar-refractivity contribution in [2.24, 2.45) is 5.73 Å². The second-order valence-electron chi connectivity index (χ2n) is 7.56. The van der Waals surface area contributed by atoms with E-state index in [9.17, 15) is 4.79 Å². The standard InChI is InChI=1S/C21H23N7O3/c1-23-18-7-17(26-21-15(19(22)29)8-25-28(18)21)16-9-27(20-14(16)4-3-5-24-20)12-6-13(11-30-2)31-10-12/h3-5,7-9,12-13,23H,6,10-11H2,1-2H3,(H2,22,29). The number of nitrogens with two attached hydrogens (primary N) is 1. The fourth-order valence-electron chi connectivity index (χ4n) is 4.20. The van der Waals surface area contributed by atoms with Gasteiger partial charge in [-0.3, -0.25) is 4.79 Å². The second-order valence-corrected chi connectivity index (χ2v) is 7.56. The van der Waals surface area contributed by atoms with Crippen molar-refractivity contribution < 1.29 is 14.3 Å². The molecule has 160 valence electrons. The number of primary amides is 1. The Morgan fingerprint density at radius 2 is 2.29 bits per heavy atom. The maximum absolute atomic E-state index is 11.9. The third kappa shape index (κ3) is 3.20. The number of carbonyl (C=O) groups excluding carboxylic acids is 1. The van der Waals surface area contributed by atoms with Gasteiger partial charge in [-0.05, 0) is 18.6 Å². The van der Waals surface area contributed by atoms with Gasteiger partial charge in [0.25, 0.3) is 5.91 Å². The molecule has 0 radical (unpaired) electrons. The van der Waals surface area contributed by atoms with Crippen molar-refractivity contribution in [2.75, 3.05) is 32.7 Å². The van der Waals surface area contributed by atoms with Gasteiger partial charge in [-0.25, -0.2) is 9.97 Å². The first-order valence-corrected chi connectivity index (χ1v) is 10.0. The highest BCUT2D eigenvalue weighted by molar-refractivity contribution is 6.00. The number of hydrogen-bond donors (Lipinski definition) is 2. The Kier molecular flexibility index (Phi) is 4.79. The fourth-order valence-corrected chi connectivity index (χ4v) is 4.20. The van der Waals surface area contributed by atoms with E-state index in [0.717, 1.165) is 23.0 Å². The van der Waals surface area contributed by atoms with Gasteiger partial charge in [0, 0.05) is 43.6 Å². The molecular formula is C21H23N7O3. The summed E-state index contributed by atoms with van der Waals surface area (Å²) in [5, 5.41) is 8.33. The fraction of sp³-hybridized carbons (Fsp3) is 0.333. The number of fused-ring (bicyclic) bond motifs is 2. The average molecular weight is 421 g/mol. The van der Waals surface area contributed by atoms with E-state index in [1.54, 1.807) is 24.9 Å². The largest absolute Gasteiger partial charge is 0.382 e. The number of hydrogen-bond acceptors (Lipinski definition) is 7. The molecule has 1 saturated heterocycles. The Morgan fingerprint density at radius 1 is 1.42 bits per heavy atom. The van der Waals surface area contributed by atoms with Crippen LogP contribution < -0.4 is 11.1 Å². The Hall–Kier alpha value is -3.50. The van der Waals surface area contributed by atoms with Crippen molar-refractivity contribution in [2.45, 2.75) is 18.6 Å². The first-order chi connectivity index (χ1) is 15.1. The molecular weight excluding hydrogens is 398 g/mol. The molecule has 2 unspecified atom stereocenters. The molecule has 0 bridgehead atoms. The van der Waals surface area contributed by atoms with E-state index in [2.05, 4.69) is 26.2 Å². The summed E-state index contributed by atoms with van der Waals surface area (Å²) in [5.41, 5.74) is 8.68. The van der Waals surface area contributed by atoms with Crippen molar-refractivity contribution in [3.05, 3.63) is 42.4 Å². The highest BCUT2D eigenvalue weighted by Gasteiger charge is 2.29. The SMILES string of the molecule is CNc1cc(-c2cn(C3COC(COC)C3)c3ncccc23)nc2c(C(N)=O)cnn12.